The summed E-state index contributed by atoms with van der Waals surface area (Å²) in [6.45, 7) is 12.3. The normalized spacial score (nSPS) is 13.2. The van der Waals surface area contributed by atoms with E-state index in [1.165, 1.54) is 13.0 Å². The summed E-state index contributed by atoms with van der Waals surface area (Å²) >= 11 is 0. The number of amides is 4. The third-order valence-corrected chi connectivity index (χ3v) is 6.82. The minimum absolute atomic E-state index is 0.0393. The van der Waals surface area contributed by atoms with Gasteiger partial charge in [-0.05, 0) is 43.9 Å². The van der Waals surface area contributed by atoms with Gasteiger partial charge in [-0.15, -0.1) is 0 Å². The predicted molar refractivity (Wildman–Crippen MR) is 175 cm³/mol. The SMILES string of the molecule is C=CCOC(=O)N[C@@H](Cc1ccccc1)C(=O)N[C@@H](C)C(=O)N[C@H](C(=O)N[C@@H](Cc1ccccc1)C(=O)OCC=C(C)C)C(C)C. The summed E-state index contributed by atoms with van der Waals surface area (Å²) in [6, 6.07) is 14.1. The van der Waals surface area contributed by atoms with Crippen molar-refractivity contribution in [3.05, 3.63) is 96.1 Å². The van der Waals surface area contributed by atoms with Crippen LogP contribution in [-0.2, 0) is 41.5 Å². The van der Waals surface area contributed by atoms with Crippen molar-refractivity contribution in [2.45, 2.75) is 71.6 Å². The van der Waals surface area contributed by atoms with Crippen LogP contribution < -0.4 is 21.3 Å². The maximum atomic E-state index is 13.5. The lowest BCUT2D eigenvalue weighted by molar-refractivity contribution is -0.147. The van der Waals surface area contributed by atoms with Crippen molar-refractivity contribution in [1.29, 1.82) is 0 Å². The van der Waals surface area contributed by atoms with E-state index in [0.29, 0.717) is 0 Å². The van der Waals surface area contributed by atoms with E-state index in [1.54, 1.807) is 44.2 Å². The summed E-state index contributed by atoms with van der Waals surface area (Å²) in [5.41, 5.74) is 2.58. The van der Waals surface area contributed by atoms with Crippen LogP contribution in [0, 0.1) is 5.92 Å². The molecule has 4 N–H and O–H groups in total. The molecular weight excluding hydrogens is 588 g/mol. The Hall–Kier alpha value is -4.93. The molecule has 2 aromatic rings. The van der Waals surface area contributed by atoms with Crippen LogP contribution in [0.3, 0.4) is 0 Å². The zero-order valence-corrected chi connectivity index (χ0v) is 27.2. The quantitative estimate of drug-likeness (QED) is 0.154. The van der Waals surface area contributed by atoms with Gasteiger partial charge in [-0.1, -0.05) is 92.7 Å². The molecule has 46 heavy (non-hydrogen) atoms. The highest BCUT2D eigenvalue weighted by molar-refractivity contribution is 5.94. The lowest BCUT2D eigenvalue weighted by atomic mass is 10.0. The van der Waals surface area contributed by atoms with E-state index < -0.39 is 54.0 Å². The van der Waals surface area contributed by atoms with Crippen molar-refractivity contribution in [2.75, 3.05) is 13.2 Å². The number of nitrogens with one attached hydrogen (secondary N) is 4. The first-order valence-electron chi connectivity index (χ1n) is 15.2. The van der Waals surface area contributed by atoms with E-state index in [4.69, 9.17) is 9.47 Å². The smallest absolute Gasteiger partial charge is 0.408 e. The highest BCUT2D eigenvalue weighted by Gasteiger charge is 2.32. The van der Waals surface area contributed by atoms with Gasteiger partial charge in [0.1, 0.15) is 37.4 Å². The van der Waals surface area contributed by atoms with Crippen molar-refractivity contribution >= 4 is 29.8 Å². The standard InChI is InChI=1S/C35H46N4O7/c1-7-19-46-35(44)38-28(21-26-14-10-8-11-15-26)32(41)36-25(6)31(40)39-30(24(4)5)33(42)37-29(22-27-16-12-9-13-17-27)34(43)45-20-18-23(2)3/h7-18,24-25,28-30H,1,19-22H2,2-6H3,(H,36,41)(H,37,42)(H,38,44)(H,39,40)/t25-,28-,29-,30-/m0/s1. The number of carbonyl (C=O) groups is 5. The lowest BCUT2D eigenvalue weighted by Gasteiger charge is -2.27. The fourth-order valence-corrected chi connectivity index (χ4v) is 4.27. The number of carbonyl (C=O) groups excluding carboxylic acids is 5. The highest BCUT2D eigenvalue weighted by atomic mass is 16.5. The Labute approximate surface area is 271 Å². The molecule has 0 saturated carbocycles. The second kappa shape index (κ2) is 19.5. The summed E-state index contributed by atoms with van der Waals surface area (Å²) < 4.78 is 10.4. The molecule has 0 heterocycles. The third-order valence-electron chi connectivity index (χ3n) is 6.82. The van der Waals surface area contributed by atoms with Crippen molar-refractivity contribution in [3.63, 3.8) is 0 Å². The Morgan fingerprint density at radius 3 is 1.78 bits per heavy atom. The van der Waals surface area contributed by atoms with Crippen LogP contribution in [0.4, 0.5) is 4.79 Å². The van der Waals surface area contributed by atoms with E-state index in [1.807, 2.05) is 50.2 Å². The van der Waals surface area contributed by atoms with Crippen LogP contribution in [0.5, 0.6) is 0 Å². The average molecular weight is 635 g/mol. The number of alkyl carbamates (subject to hydrolysis) is 1. The summed E-state index contributed by atoms with van der Waals surface area (Å²) in [5, 5.41) is 10.6. The number of rotatable bonds is 17. The van der Waals surface area contributed by atoms with Crippen LogP contribution in [0.2, 0.25) is 0 Å². The molecule has 0 unspecified atom stereocenters. The Morgan fingerprint density at radius 2 is 1.26 bits per heavy atom. The first kappa shape index (κ1) is 37.3. The lowest BCUT2D eigenvalue weighted by Crippen LogP contribution is -2.58. The molecule has 11 nitrogen and oxygen atoms in total. The highest BCUT2D eigenvalue weighted by Crippen LogP contribution is 2.09. The van der Waals surface area contributed by atoms with Crippen LogP contribution >= 0.6 is 0 Å². The van der Waals surface area contributed by atoms with Gasteiger partial charge in [0.2, 0.25) is 17.7 Å². The zero-order chi connectivity index (χ0) is 34.1. The summed E-state index contributed by atoms with van der Waals surface area (Å²) in [5.74, 6) is -2.78. The number of hydrogen-bond acceptors (Lipinski definition) is 7. The van der Waals surface area contributed by atoms with Crippen molar-refractivity contribution in [3.8, 4) is 0 Å². The fourth-order valence-electron chi connectivity index (χ4n) is 4.27. The Balaban J connectivity index is 2.13. The van der Waals surface area contributed by atoms with E-state index >= 15 is 0 Å². The van der Waals surface area contributed by atoms with Gasteiger partial charge in [0.25, 0.3) is 0 Å². The minimum atomic E-state index is -1.07. The summed E-state index contributed by atoms with van der Waals surface area (Å²) in [7, 11) is 0. The van der Waals surface area contributed by atoms with E-state index in [0.717, 1.165) is 16.7 Å². The van der Waals surface area contributed by atoms with E-state index in [9.17, 15) is 24.0 Å². The maximum absolute atomic E-state index is 13.5. The number of allylic oxidation sites excluding steroid dienone is 1. The van der Waals surface area contributed by atoms with Gasteiger partial charge in [-0.25, -0.2) is 9.59 Å². The number of esters is 1. The van der Waals surface area contributed by atoms with Gasteiger partial charge in [0.15, 0.2) is 0 Å². The molecule has 0 aliphatic rings. The van der Waals surface area contributed by atoms with Gasteiger partial charge in [-0.3, -0.25) is 14.4 Å². The number of hydrogen-bond donors (Lipinski definition) is 4. The van der Waals surface area contributed by atoms with Crippen molar-refractivity contribution in [1.82, 2.24) is 21.3 Å². The molecule has 248 valence electrons. The third kappa shape index (κ3) is 13.4. The largest absolute Gasteiger partial charge is 0.460 e. The number of benzene rings is 2. The molecule has 4 atom stereocenters. The molecule has 2 rings (SSSR count). The fraction of sp³-hybridized carbons (Fsp3) is 0.400. The summed E-state index contributed by atoms with van der Waals surface area (Å²) in [6.07, 6.45) is 2.69. The van der Waals surface area contributed by atoms with E-state index in [2.05, 4.69) is 27.8 Å². The topological polar surface area (TPSA) is 152 Å². The number of ether oxygens (including phenoxy) is 2. The van der Waals surface area contributed by atoms with E-state index in [-0.39, 0.29) is 32.0 Å². The van der Waals surface area contributed by atoms with Crippen LogP contribution in [0.1, 0.15) is 45.7 Å². The van der Waals surface area contributed by atoms with Gasteiger partial charge >= 0.3 is 12.1 Å². The average Bonchev–Trinajstić information content (AvgIpc) is 3.02. The molecule has 0 aliphatic heterocycles. The molecule has 4 amide bonds. The first-order valence-corrected chi connectivity index (χ1v) is 15.2. The van der Waals surface area contributed by atoms with Crippen molar-refractivity contribution in [2.24, 2.45) is 5.92 Å². The van der Waals surface area contributed by atoms with Gasteiger partial charge in [0.05, 0.1) is 0 Å². The van der Waals surface area contributed by atoms with Crippen LogP contribution in [0.25, 0.3) is 0 Å². The molecule has 0 aromatic heterocycles. The van der Waals surface area contributed by atoms with Crippen molar-refractivity contribution < 1.29 is 33.4 Å². The second-order valence-corrected chi connectivity index (χ2v) is 11.4. The Morgan fingerprint density at radius 1 is 0.696 bits per heavy atom. The molecule has 0 radical (unpaired) electrons. The van der Waals surface area contributed by atoms with Gasteiger partial charge < -0.3 is 30.7 Å². The molecule has 0 aliphatic carbocycles. The molecule has 11 heteroatoms. The molecule has 0 saturated heterocycles. The second-order valence-electron chi connectivity index (χ2n) is 11.4. The predicted octanol–water partition coefficient (Wildman–Crippen LogP) is 3.39. The summed E-state index contributed by atoms with van der Waals surface area (Å²) in [4.78, 5) is 65.2. The molecular formula is C35H46N4O7. The zero-order valence-electron chi connectivity index (χ0n) is 27.2. The molecule has 0 spiro atoms. The van der Waals surface area contributed by atoms with Crippen LogP contribution in [-0.4, -0.2) is 67.2 Å². The molecule has 2 aromatic carbocycles. The molecule has 0 bridgehead atoms. The molecule has 0 fully saturated rings. The van der Waals surface area contributed by atoms with Crippen LogP contribution in [0.15, 0.2) is 85.0 Å². The van der Waals surface area contributed by atoms with Gasteiger partial charge in [-0.2, -0.15) is 0 Å². The monoisotopic (exact) mass is 634 g/mol. The van der Waals surface area contributed by atoms with Gasteiger partial charge in [0, 0.05) is 12.8 Å². The maximum Gasteiger partial charge on any atom is 0.408 e. The Bertz CT molecular complexity index is 1340. The Kier molecular flexibility index (Phi) is 15.8. The minimum Gasteiger partial charge on any atom is -0.460 e. The first-order chi connectivity index (χ1) is 21.9.